The number of nitrogens with zero attached hydrogens (tertiary/aromatic N) is 3. The van der Waals surface area contributed by atoms with Crippen molar-refractivity contribution in [3.63, 3.8) is 0 Å². The Kier molecular flexibility index (Phi) is 4.18. The summed E-state index contributed by atoms with van der Waals surface area (Å²) < 4.78 is 7.08. The monoisotopic (exact) mass is 298 g/mol. The van der Waals surface area contributed by atoms with E-state index < -0.39 is 0 Å². The lowest BCUT2D eigenvalue weighted by molar-refractivity contribution is 0.190. The van der Waals surface area contributed by atoms with Crippen LogP contribution in [-0.4, -0.2) is 19.6 Å². The van der Waals surface area contributed by atoms with Crippen molar-refractivity contribution >= 4 is 5.78 Å². The molecule has 0 spiro atoms. The first kappa shape index (κ1) is 14.3. The van der Waals surface area contributed by atoms with Crippen LogP contribution in [0.5, 0.6) is 0 Å². The second-order valence-corrected chi connectivity index (χ2v) is 5.04. The highest BCUT2D eigenvalue weighted by Crippen LogP contribution is 2.15. The molecule has 0 unspecified atom stereocenters. The average Bonchev–Trinajstić information content (AvgIpc) is 2.95. The van der Waals surface area contributed by atoms with Crippen molar-refractivity contribution in [2.45, 2.75) is 32.8 Å². The minimum atomic E-state index is -0.192. The molecule has 0 saturated heterocycles. The van der Waals surface area contributed by atoms with Crippen LogP contribution < -0.4 is 5.56 Å². The molecule has 0 bridgehead atoms. The van der Waals surface area contributed by atoms with Gasteiger partial charge in [0.1, 0.15) is 12.9 Å². The quantitative estimate of drug-likeness (QED) is 0.941. The van der Waals surface area contributed by atoms with Gasteiger partial charge < -0.3 is 4.74 Å². The second-order valence-electron chi connectivity index (χ2n) is 5.04. The molecular weight excluding hydrogens is 280 g/mol. The van der Waals surface area contributed by atoms with E-state index in [1.165, 1.54) is 22.5 Å². The molecular formula is C16H18N4O2. The summed E-state index contributed by atoms with van der Waals surface area (Å²) in [6.45, 7) is 2.41. The third-order valence-corrected chi connectivity index (χ3v) is 3.51. The van der Waals surface area contributed by atoms with E-state index in [1.54, 1.807) is 0 Å². The Morgan fingerprint density at radius 2 is 2.32 bits per heavy atom. The van der Waals surface area contributed by atoms with Gasteiger partial charge in [0.05, 0.1) is 11.5 Å². The molecule has 22 heavy (non-hydrogen) atoms. The minimum absolute atomic E-state index is 0.192. The van der Waals surface area contributed by atoms with Crippen molar-refractivity contribution in [3.8, 4) is 0 Å². The fraction of sp³-hybridized carbons (Fsp3) is 0.312. The number of hydrogen-bond donors (Lipinski definition) is 1. The summed E-state index contributed by atoms with van der Waals surface area (Å²) in [6.07, 6.45) is 12.6. The van der Waals surface area contributed by atoms with Crippen molar-refractivity contribution in [2.75, 3.05) is 0 Å². The van der Waals surface area contributed by atoms with Crippen molar-refractivity contribution in [1.82, 2.24) is 19.6 Å². The van der Waals surface area contributed by atoms with Gasteiger partial charge in [-0.15, -0.1) is 0 Å². The Morgan fingerprint density at radius 3 is 3.18 bits per heavy atom. The van der Waals surface area contributed by atoms with Crippen LogP contribution in [-0.2, 0) is 11.3 Å². The minimum Gasteiger partial charge on any atom is -0.492 e. The number of ether oxygens (including phenoxy) is 1. The molecule has 0 saturated carbocycles. The topological polar surface area (TPSA) is 72.3 Å². The van der Waals surface area contributed by atoms with Crippen LogP contribution in [0.15, 0.2) is 52.8 Å². The second kappa shape index (κ2) is 6.43. The molecule has 0 aliphatic heterocycles. The summed E-state index contributed by atoms with van der Waals surface area (Å²) in [5.41, 5.74) is 1.73. The van der Waals surface area contributed by atoms with Gasteiger partial charge in [-0.1, -0.05) is 30.7 Å². The predicted octanol–water partition coefficient (Wildman–Crippen LogP) is 2.50. The zero-order valence-corrected chi connectivity index (χ0v) is 12.5. The van der Waals surface area contributed by atoms with Crippen LogP contribution >= 0.6 is 0 Å². The van der Waals surface area contributed by atoms with E-state index in [1.807, 2.05) is 0 Å². The first-order chi connectivity index (χ1) is 10.8. The standard InChI is InChI=1S/C16H18N4O2/c1-2-12-5-3-7-14(8-4-6-12)22-10-13-9-15(21)20-16(19-13)17-11-18-20/h3,5-6,8-9,11H,2,4,7,10H2,1H3,(H,17,18,19)/b5-3-,12-6-,14-8+. The number of H-pyrrole nitrogens is 1. The van der Waals surface area contributed by atoms with Gasteiger partial charge in [-0.3, -0.25) is 9.89 Å². The SMILES string of the molecule is CCC1=C/C/C=C(/OCc2cc(=O)n3[nH]cnc3n2)C/C=C\1. The first-order valence-electron chi connectivity index (χ1n) is 7.35. The van der Waals surface area contributed by atoms with E-state index in [0.29, 0.717) is 11.5 Å². The van der Waals surface area contributed by atoms with Gasteiger partial charge in [-0.05, 0) is 18.9 Å². The molecule has 1 N–H and O–H groups in total. The lowest BCUT2D eigenvalue weighted by atomic mass is 10.1. The molecule has 0 radical (unpaired) electrons. The Balaban J connectivity index is 1.70. The first-order valence-corrected chi connectivity index (χ1v) is 7.35. The zero-order valence-electron chi connectivity index (χ0n) is 12.5. The molecule has 1 aliphatic carbocycles. The molecule has 2 heterocycles. The van der Waals surface area contributed by atoms with Crippen molar-refractivity contribution in [1.29, 1.82) is 0 Å². The molecule has 6 heteroatoms. The fourth-order valence-electron chi connectivity index (χ4n) is 2.31. The Bertz CT molecular complexity index is 811. The highest BCUT2D eigenvalue weighted by molar-refractivity contribution is 5.26. The van der Waals surface area contributed by atoms with E-state index in [9.17, 15) is 4.79 Å². The summed E-state index contributed by atoms with van der Waals surface area (Å²) >= 11 is 0. The summed E-state index contributed by atoms with van der Waals surface area (Å²) in [5.74, 6) is 1.25. The number of hydrogen-bond acceptors (Lipinski definition) is 4. The van der Waals surface area contributed by atoms with Crippen LogP contribution in [0.2, 0.25) is 0 Å². The number of fused-ring (bicyclic) bond motifs is 1. The largest absolute Gasteiger partial charge is 0.492 e. The third kappa shape index (κ3) is 3.16. The molecule has 6 nitrogen and oxygen atoms in total. The highest BCUT2D eigenvalue weighted by Gasteiger charge is 2.06. The Morgan fingerprint density at radius 1 is 1.41 bits per heavy atom. The van der Waals surface area contributed by atoms with Crippen molar-refractivity contribution in [3.05, 3.63) is 64.1 Å². The van der Waals surface area contributed by atoms with Crippen molar-refractivity contribution < 1.29 is 4.74 Å². The maximum atomic E-state index is 11.8. The van der Waals surface area contributed by atoms with E-state index >= 15 is 0 Å². The molecule has 1 aliphatic rings. The molecule has 0 amide bonds. The molecule has 3 rings (SSSR count). The van der Waals surface area contributed by atoms with E-state index in [-0.39, 0.29) is 12.2 Å². The van der Waals surface area contributed by atoms with Gasteiger partial charge in [0.25, 0.3) is 11.3 Å². The number of allylic oxidation sites excluding steroid dienone is 5. The number of rotatable bonds is 4. The van der Waals surface area contributed by atoms with Crippen molar-refractivity contribution in [2.24, 2.45) is 0 Å². The van der Waals surface area contributed by atoms with Gasteiger partial charge in [-0.25, -0.2) is 9.97 Å². The lowest BCUT2D eigenvalue weighted by Gasteiger charge is -2.10. The van der Waals surface area contributed by atoms with Crippen LogP contribution in [0.1, 0.15) is 31.9 Å². The maximum absolute atomic E-state index is 11.8. The van der Waals surface area contributed by atoms with Crippen LogP contribution in [0, 0.1) is 0 Å². The van der Waals surface area contributed by atoms with E-state index in [4.69, 9.17) is 4.74 Å². The average molecular weight is 298 g/mol. The zero-order chi connectivity index (χ0) is 15.4. The Hall–Kier alpha value is -2.63. The number of aromatic amines is 1. The molecule has 0 atom stereocenters. The van der Waals surface area contributed by atoms with Gasteiger partial charge in [-0.2, -0.15) is 4.52 Å². The molecule has 114 valence electrons. The molecule has 0 fully saturated rings. The van der Waals surface area contributed by atoms with Gasteiger partial charge >= 0.3 is 0 Å². The summed E-state index contributed by atoms with van der Waals surface area (Å²) in [6, 6.07) is 1.46. The smallest absolute Gasteiger partial charge is 0.274 e. The van der Waals surface area contributed by atoms with Gasteiger partial charge in [0.15, 0.2) is 0 Å². The van der Waals surface area contributed by atoms with Gasteiger partial charge in [0, 0.05) is 12.5 Å². The predicted molar refractivity (Wildman–Crippen MR) is 83.2 cm³/mol. The van der Waals surface area contributed by atoms with Crippen LogP contribution in [0.4, 0.5) is 0 Å². The molecule has 2 aromatic heterocycles. The maximum Gasteiger partial charge on any atom is 0.274 e. The third-order valence-electron chi connectivity index (χ3n) is 3.51. The summed E-state index contributed by atoms with van der Waals surface area (Å²) in [4.78, 5) is 20.1. The van der Waals surface area contributed by atoms with E-state index in [0.717, 1.165) is 25.0 Å². The molecule has 0 aromatic carbocycles. The number of aromatic nitrogens is 4. The fourth-order valence-corrected chi connectivity index (χ4v) is 2.31. The summed E-state index contributed by atoms with van der Waals surface area (Å²) in [7, 11) is 0. The van der Waals surface area contributed by atoms with Crippen LogP contribution in [0.3, 0.4) is 0 Å². The van der Waals surface area contributed by atoms with Gasteiger partial charge in [0.2, 0.25) is 0 Å². The normalized spacial score (nSPS) is 21.3. The number of nitrogens with one attached hydrogen (secondary N) is 1. The molecule has 2 aromatic rings. The van der Waals surface area contributed by atoms with Crippen LogP contribution in [0.25, 0.3) is 5.78 Å². The Labute approximate surface area is 127 Å². The summed E-state index contributed by atoms with van der Waals surface area (Å²) in [5, 5.41) is 2.71. The highest BCUT2D eigenvalue weighted by atomic mass is 16.5. The van der Waals surface area contributed by atoms with E-state index in [2.05, 4.69) is 46.3 Å². The lowest BCUT2D eigenvalue weighted by Crippen LogP contribution is -2.16.